The van der Waals surface area contributed by atoms with E-state index in [2.05, 4.69) is 0 Å². The molecule has 0 spiro atoms. The van der Waals surface area contributed by atoms with Crippen molar-refractivity contribution >= 4 is 12.4 Å². The minimum atomic E-state index is -1.39. The Bertz CT molecular complexity index is 954. The van der Waals surface area contributed by atoms with Gasteiger partial charge >= 0.3 is 5.97 Å². The zero-order chi connectivity index (χ0) is 23.1. The van der Waals surface area contributed by atoms with E-state index in [4.69, 9.17) is 19.4 Å². The van der Waals surface area contributed by atoms with Crippen molar-refractivity contribution in [3.05, 3.63) is 59.4 Å². The van der Waals surface area contributed by atoms with Gasteiger partial charge in [0, 0.05) is 19.6 Å². The molecular weight excluding hydrogens is 421 g/mol. The van der Waals surface area contributed by atoms with E-state index >= 15 is 0 Å². The van der Waals surface area contributed by atoms with E-state index in [-0.39, 0.29) is 19.4 Å². The third-order valence-corrected chi connectivity index (χ3v) is 5.71. The number of fused-ring (bicyclic) bond motifs is 1. The first-order valence-electron chi connectivity index (χ1n) is 10.2. The number of rotatable bonds is 5. The molecule has 0 bridgehead atoms. The lowest BCUT2D eigenvalue weighted by Gasteiger charge is -2.43. The summed E-state index contributed by atoms with van der Waals surface area (Å²) in [6.07, 6.45) is -0.592. The second kappa shape index (κ2) is 10.4. The molecule has 2 aliphatic rings. The molecule has 3 N–H and O–H groups in total. The smallest absolute Gasteiger partial charge is 0.313 e. The van der Waals surface area contributed by atoms with Crippen LogP contribution in [0, 0.1) is 11.2 Å². The molecule has 1 saturated heterocycles. The Morgan fingerprint density at radius 3 is 2.56 bits per heavy atom. The number of aliphatic carboxylic acids is 1. The van der Waals surface area contributed by atoms with Crippen LogP contribution in [0.3, 0.4) is 0 Å². The highest BCUT2D eigenvalue weighted by molar-refractivity contribution is 5.76. The van der Waals surface area contributed by atoms with Crippen LogP contribution in [0.2, 0.25) is 0 Å². The van der Waals surface area contributed by atoms with Gasteiger partial charge in [-0.25, -0.2) is 4.39 Å². The molecule has 8 nitrogen and oxygen atoms in total. The number of aliphatic hydroxyl groups is 1. The number of piperidine rings is 1. The maximum atomic E-state index is 13.6. The first kappa shape index (κ1) is 23.5. The Morgan fingerprint density at radius 2 is 1.88 bits per heavy atom. The standard InChI is InChI=1S/C22H24FNO5.CH2O2/c23-17-3-1-2-15(10-17)12-22(21(26)27)14-24(7-6-20(22)25)13-16-4-5-18-19(11-16)29-9-8-28-18;2-1-3/h1-5,10-11,20,25H,6-9,12-14H2,(H,26,27);1H,(H,2,3)/t20-,22-;/m1./s1. The number of nitrogens with zero attached hydrogens (tertiary/aromatic N) is 1. The molecule has 0 saturated carbocycles. The van der Waals surface area contributed by atoms with Crippen LogP contribution in [0.15, 0.2) is 42.5 Å². The van der Waals surface area contributed by atoms with E-state index in [0.29, 0.717) is 49.8 Å². The zero-order valence-corrected chi connectivity index (χ0v) is 17.4. The monoisotopic (exact) mass is 447 g/mol. The minimum Gasteiger partial charge on any atom is -0.486 e. The maximum absolute atomic E-state index is 13.6. The van der Waals surface area contributed by atoms with Gasteiger partial charge in [-0.3, -0.25) is 14.5 Å². The van der Waals surface area contributed by atoms with Gasteiger partial charge in [-0.05, 0) is 48.2 Å². The second-order valence-electron chi connectivity index (χ2n) is 7.87. The maximum Gasteiger partial charge on any atom is 0.313 e. The van der Waals surface area contributed by atoms with Crippen LogP contribution in [0.4, 0.5) is 4.39 Å². The Balaban J connectivity index is 0.000000913. The average Bonchev–Trinajstić information content (AvgIpc) is 2.76. The highest BCUT2D eigenvalue weighted by Crippen LogP contribution is 2.36. The van der Waals surface area contributed by atoms with Crippen LogP contribution < -0.4 is 9.47 Å². The van der Waals surface area contributed by atoms with Gasteiger partial charge in [-0.2, -0.15) is 0 Å². The molecule has 9 heteroatoms. The van der Waals surface area contributed by atoms with Gasteiger partial charge in [0.05, 0.1) is 6.10 Å². The van der Waals surface area contributed by atoms with Crippen molar-refractivity contribution in [1.82, 2.24) is 4.90 Å². The molecule has 0 radical (unpaired) electrons. The molecule has 172 valence electrons. The van der Waals surface area contributed by atoms with Gasteiger partial charge < -0.3 is 24.8 Å². The van der Waals surface area contributed by atoms with E-state index in [9.17, 15) is 19.4 Å². The van der Waals surface area contributed by atoms with Crippen LogP contribution in [-0.4, -0.2) is 65.1 Å². The molecule has 2 heterocycles. The lowest BCUT2D eigenvalue weighted by molar-refractivity contribution is -0.163. The van der Waals surface area contributed by atoms with Crippen LogP contribution in [-0.2, 0) is 22.6 Å². The highest BCUT2D eigenvalue weighted by Gasteiger charge is 2.49. The largest absolute Gasteiger partial charge is 0.486 e. The summed E-state index contributed by atoms with van der Waals surface area (Å²) < 4.78 is 24.8. The number of likely N-dealkylation sites (tertiary alicyclic amines) is 1. The highest BCUT2D eigenvalue weighted by atomic mass is 19.1. The molecule has 0 aromatic heterocycles. The van der Waals surface area contributed by atoms with Crippen molar-refractivity contribution in [1.29, 1.82) is 0 Å². The molecular formula is C23H26FNO7. The number of hydrogen-bond donors (Lipinski definition) is 3. The minimum absolute atomic E-state index is 0.0684. The van der Waals surface area contributed by atoms with Crippen molar-refractivity contribution in [3.63, 3.8) is 0 Å². The molecule has 4 rings (SSSR count). The predicted molar refractivity (Wildman–Crippen MR) is 112 cm³/mol. The van der Waals surface area contributed by atoms with Crippen LogP contribution in [0.1, 0.15) is 17.5 Å². The van der Waals surface area contributed by atoms with Crippen molar-refractivity contribution in [2.45, 2.75) is 25.5 Å². The summed E-state index contributed by atoms with van der Waals surface area (Å²) in [5, 5.41) is 27.5. The van der Waals surface area contributed by atoms with Gasteiger partial charge in [0.25, 0.3) is 6.47 Å². The number of benzene rings is 2. The molecule has 2 atom stereocenters. The fourth-order valence-electron chi connectivity index (χ4n) is 4.21. The summed E-state index contributed by atoms with van der Waals surface area (Å²) >= 11 is 0. The topological polar surface area (TPSA) is 117 Å². The number of carbonyl (C=O) groups is 2. The molecule has 2 aromatic rings. The second-order valence-corrected chi connectivity index (χ2v) is 7.87. The fraction of sp³-hybridized carbons (Fsp3) is 0.391. The lowest BCUT2D eigenvalue weighted by Crippen LogP contribution is -2.56. The van der Waals surface area contributed by atoms with Gasteiger partial charge in [-0.1, -0.05) is 18.2 Å². The zero-order valence-electron chi connectivity index (χ0n) is 17.4. The average molecular weight is 447 g/mol. The molecule has 2 aromatic carbocycles. The summed E-state index contributed by atoms with van der Waals surface area (Å²) in [5.74, 6) is -0.0854. The number of aliphatic hydroxyl groups excluding tert-OH is 1. The van der Waals surface area contributed by atoms with Crippen LogP contribution in [0.5, 0.6) is 11.5 Å². The molecule has 32 heavy (non-hydrogen) atoms. The summed E-state index contributed by atoms with van der Waals surface area (Å²) in [6.45, 7) is 2.06. The Labute approximate surface area is 184 Å². The normalized spacial score (nSPS) is 22.4. The van der Waals surface area contributed by atoms with E-state index in [1.54, 1.807) is 12.1 Å². The van der Waals surface area contributed by atoms with Crippen molar-refractivity contribution in [2.75, 3.05) is 26.3 Å². The number of hydrogen-bond acceptors (Lipinski definition) is 6. The van der Waals surface area contributed by atoms with E-state index in [1.165, 1.54) is 12.1 Å². The van der Waals surface area contributed by atoms with Gasteiger partial charge in [0.1, 0.15) is 24.4 Å². The third-order valence-electron chi connectivity index (χ3n) is 5.71. The van der Waals surface area contributed by atoms with E-state index in [0.717, 1.165) is 5.56 Å². The van der Waals surface area contributed by atoms with Crippen molar-refractivity contribution < 1.29 is 38.8 Å². The Hall–Kier alpha value is -3.17. The lowest BCUT2D eigenvalue weighted by atomic mass is 9.72. The van der Waals surface area contributed by atoms with Gasteiger partial charge in [0.2, 0.25) is 0 Å². The molecule has 0 amide bonds. The van der Waals surface area contributed by atoms with Crippen molar-refractivity contribution in [2.24, 2.45) is 5.41 Å². The molecule has 0 unspecified atom stereocenters. The molecule has 0 aliphatic carbocycles. The van der Waals surface area contributed by atoms with E-state index in [1.807, 2.05) is 23.1 Å². The molecule has 2 aliphatic heterocycles. The van der Waals surface area contributed by atoms with Gasteiger partial charge in [0.15, 0.2) is 11.5 Å². The summed E-state index contributed by atoms with van der Waals surface area (Å²) in [7, 11) is 0. The quantitative estimate of drug-likeness (QED) is 0.598. The predicted octanol–water partition coefficient (Wildman–Crippen LogP) is 2.18. The molecule has 1 fully saturated rings. The summed E-state index contributed by atoms with van der Waals surface area (Å²) in [5.41, 5.74) is 0.156. The third kappa shape index (κ3) is 5.35. The van der Waals surface area contributed by atoms with Gasteiger partial charge in [-0.15, -0.1) is 0 Å². The Kier molecular flexibility index (Phi) is 7.66. The SMILES string of the molecule is O=C(O)[C@]1(Cc2cccc(F)c2)CN(Cc2ccc3c(c2)OCCO3)CC[C@H]1O.O=CO. The van der Waals surface area contributed by atoms with Crippen molar-refractivity contribution in [3.8, 4) is 11.5 Å². The Morgan fingerprint density at radius 1 is 1.16 bits per heavy atom. The number of ether oxygens (including phenoxy) is 2. The number of carboxylic acid groups (broad SMARTS) is 2. The summed E-state index contributed by atoms with van der Waals surface area (Å²) in [6, 6.07) is 11.6. The number of carboxylic acids is 1. The fourth-order valence-corrected chi connectivity index (χ4v) is 4.21. The van der Waals surface area contributed by atoms with Crippen LogP contribution >= 0.6 is 0 Å². The number of halogens is 1. The summed E-state index contributed by atoms with van der Waals surface area (Å²) in [4.78, 5) is 22.6. The first-order valence-corrected chi connectivity index (χ1v) is 10.2. The van der Waals surface area contributed by atoms with E-state index < -0.39 is 23.3 Å². The first-order chi connectivity index (χ1) is 15.4. The van der Waals surface area contributed by atoms with Crippen LogP contribution in [0.25, 0.3) is 0 Å².